The number of amides is 1. The average Bonchev–Trinajstić information content (AvgIpc) is 3.38. The number of carboxylic acids is 1. The van der Waals surface area contributed by atoms with Gasteiger partial charge >= 0.3 is 5.97 Å². The molecule has 2 aliphatic rings. The molecule has 0 aromatic heterocycles. The minimum absolute atomic E-state index is 0.149. The summed E-state index contributed by atoms with van der Waals surface area (Å²) in [5.74, 6) is -0.577. The molecule has 0 radical (unpaired) electrons. The zero-order valence-electron chi connectivity index (χ0n) is 17.8. The van der Waals surface area contributed by atoms with Gasteiger partial charge in [-0.05, 0) is 47.9 Å². The molecule has 1 atom stereocenters. The summed E-state index contributed by atoms with van der Waals surface area (Å²) >= 11 is 0. The van der Waals surface area contributed by atoms with Gasteiger partial charge in [0, 0.05) is 12.1 Å². The number of aryl methyl sites for hydroxylation is 1. The van der Waals surface area contributed by atoms with Gasteiger partial charge in [-0.15, -0.1) is 0 Å². The monoisotopic (exact) mass is 443 g/mol. The van der Waals surface area contributed by atoms with Crippen LogP contribution in [-0.2, 0) is 11.3 Å². The number of carbonyl (C=O) groups excluding carboxylic acids is 1. The summed E-state index contributed by atoms with van der Waals surface area (Å²) in [5.41, 5.74) is 3.94. The number of fused-ring (bicyclic) bond motifs is 1. The molecule has 2 N–H and O–H groups in total. The summed E-state index contributed by atoms with van der Waals surface area (Å²) in [4.78, 5) is 26.1. The van der Waals surface area contributed by atoms with Gasteiger partial charge < -0.3 is 24.6 Å². The van der Waals surface area contributed by atoms with Gasteiger partial charge in [0.1, 0.15) is 0 Å². The van der Waals surface area contributed by atoms with Crippen molar-refractivity contribution in [2.75, 3.05) is 6.79 Å². The van der Waals surface area contributed by atoms with E-state index in [1.54, 1.807) is 23.1 Å². The number of aromatic carboxylic acids is 1. The van der Waals surface area contributed by atoms with Crippen molar-refractivity contribution in [2.24, 2.45) is 0 Å². The number of benzene rings is 3. The zero-order chi connectivity index (χ0) is 23.1. The maximum atomic E-state index is 13.2. The van der Waals surface area contributed by atoms with Crippen molar-refractivity contribution < 1.29 is 29.3 Å². The van der Waals surface area contributed by atoms with E-state index in [9.17, 15) is 19.8 Å². The van der Waals surface area contributed by atoms with Crippen LogP contribution in [-0.4, -0.2) is 33.8 Å². The van der Waals surface area contributed by atoms with Gasteiger partial charge in [0.05, 0.1) is 11.6 Å². The number of rotatable bonds is 5. The molecule has 0 aliphatic carbocycles. The Balaban J connectivity index is 1.57. The van der Waals surface area contributed by atoms with E-state index < -0.39 is 17.9 Å². The lowest BCUT2D eigenvalue weighted by Crippen LogP contribution is -2.29. The first-order valence-corrected chi connectivity index (χ1v) is 10.5. The second-order valence-corrected chi connectivity index (χ2v) is 8.08. The van der Waals surface area contributed by atoms with Gasteiger partial charge in [0.25, 0.3) is 5.91 Å². The first-order chi connectivity index (χ1) is 15.9. The molecule has 0 fully saturated rings. The van der Waals surface area contributed by atoms with Crippen LogP contribution in [0.4, 0.5) is 0 Å². The highest BCUT2D eigenvalue weighted by Crippen LogP contribution is 2.44. The lowest BCUT2D eigenvalue weighted by molar-refractivity contribution is -0.130. The Kier molecular flexibility index (Phi) is 5.01. The normalized spacial score (nSPS) is 17.1. The molecule has 0 bridgehead atoms. The third-order valence-corrected chi connectivity index (χ3v) is 5.93. The van der Waals surface area contributed by atoms with Crippen LogP contribution in [0.2, 0.25) is 0 Å². The van der Waals surface area contributed by atoms with Crippen LogP contribution in [0.1, 0.15) is 38.7 Å². The summed E-state index contributed by atoms with van der Waals surface area (Å²) in [7, 11) is 0. The lowest BCUT2D eigenvalue weighted by atomic mass is 9.92. The Morgan fingerprint density at radius 2 is 1.70 bits per heavy atom. The highest BCUT2D eigenvalue weighted by molar-refractivity contribution is 6.05. The average molecular weight is 443 g/mol. The van der Waals surface area contributed by atoms with Crippen LogP contribution in [0.5, 0.6) is 11.5 Å². The standard InChI is InChI=1S/C26H21NO6/c1-15-2-5-17(6-3-15)22-23(18-7-9-19(10-8-18)26(30)31)27(25(29)24(22)28)13-16-4-11-20-21(12-16)33-14-32-20/h2-12,23,28H,13-14H2,1H3,(H,30,31)/t23-/m0/s1. The molecule has 0 saturated carbocycles. The Hall–Kier alpha value is -4.26. The predicted molar refractivity (Wildman–Crippen MR) is 120 cm³/mol. The molecule has 7 heteroatoms. The molecule has 166 valence electrons. The number of aliphatic hydroxyl groups excluding tert-OH is 1. The minimum atomic E-state index is -1.03. The molecule has 0 saturated heterocycles. The smallest absolute Gasteiger partial charge is 0.335 e. The molecular weight excluding hydrogens is 422 g/mol. The third-order valence-electron chi connectivity index (χ3n) is 5.93. The molecular formula is C26H21NO6. The number of carboxylic acid groups (broad SMARTS) is 1. The van der Waals surface area contributed by atoms with Crippen LogP contribution in [0.15, 0.2) is 72.5 Å². The fourth-order valence-corrected chi connectivity index (χ4v) is 4.24. The van der Waals surface area contributed by atoms with E-state index in [2.05, 4.69) is 0 Å². The first kappa shape index (κ1) is 20.6. The third kappa shape index (κ3) is 3.67. The molecule has 0 unspecified atom stereocenters. The second-order valence-electron chi connectivity index (χ2n) is 8.08. The van der Waals surface area contributed by atoms with E-state index in [1.165, 1.54) is 12.1 Å². The number of nitrogens with zero attached hydrogens (tertiary/aromatic N) is 1. The summed E-state index contributed by atoms with van der Waals surface area (Å²) in [6, 6.07) is 18.8. The summed E-state index contributed by atoms with van der Waals surface area (Å²) < 4.78 is 10.8. The molecule has 0 spiro atoms. The van der Waals surface area contributed by atoms with E-state index in [0.29, 0.717) is 22.6 Å². The van der Waals surface area contributed by atoms with Crippen molar-refractivity contribution in [1.82, 2.24) is 4.90 Å². The van der Waals surface area contributed by atoms with Crippen molar-refractivity contribution in [2.45, 2.75) is 19.5 Å². The molecule has 5 rings (SSSR count). The second kappa shape index (κ2) is 8.02. The number of aliphatic hydroxyl groups is 1. The largest absolute Gasteiger partial charge is 0.503 e. The Bertz CT molecular complexity index is 1280. The van der Waals surface area contributed by atoms with Crippen LogP contribution < -0.4 is 9.47 Å². The fourth-order valence-electron chi connectivity index (χ4n) is 4.24. The minimum Gasteiger partial charge on any atom is -0.503 e. The first-order valence-electron chi connectivity index (χ1n) is 10.5. The van der Waals surface area contributed by atoms with Crippen molar-refractivity contribution in [3.05, 3.63) is 100 Å². The summed E-state index contributed by atoms with van der Waals surface area (Å²) in [6.07, 6.45) is 0. The van der Waals surface area contributed by atoms with Crippen LogP contribution in [0.25, 0.3) is 5.57 Å². The number of hydrogen-bond acceptors (Lipinski definition) is 5. The van der Waals surface area contributed by atoms with Crippen molar-refractivity contribution >= 4 is 17.4 Å². The summed E-state index contributed by atoms with van der Waals surface area (Å²) in [5, 5.41) is 20.2. The van der Waals surface area contributed by atoms with Gasteiger partial charge in [0.15, 0.2) is 17.3 Å². The Morgan fingerprint density at radius 3 is 2.39 bits per heavy atom. The molecule has 7 nitrogen and oxygen atoms in total. The number of carbonyl (C=O) groups is 2. The van der Waals surface area contributed by atoms with Gasteiger partial charge in [0.2, 0.25) is 6.79 Å². The van der Waals surface area contributed by atoms with Crippen molar-refractivity contribution in [3.63, 3.8) is 0 Å². The topological polar surface area (TPSA) is 96.3 Å². The highest BCUT2D eigenvalue weighted by Gasteiger charge is 2.41. The Morgan fingerprint density at radius 1 is 1.00 bits per heavy atom. The van der Waals surface area contributed by atoms with E-state index in [-0.39, 0.29) is 24.7 Å². The molecule has 3 aromatic carbocycles. The van der Waals surface area contributed by atoms with E-state index in [4.69, 9.17) is 9.47 Å². The summed E-state index contributed by atoms with van der Waals surface area (Å²) in [6.45, 7) is 2.34. The molecule has 33 heavy (non-hydrogen) atoms. The van der Waals surface area contributed by atoms with E-state index in [1.807, 2.05) is 43.3 Å². The van der Waals surface area contributed by atoms with Crippen molar-refractivity contribution in [1.29, 1.82) is 0 Å². The molecule has 2 aliphatic heterocycles. The van der Waals surface area contributed by atoms with Crippen molar-refractivity contribution in [3.8, 4) is 11.5 Å². The van der Waals surface area contributed by atoms with Crippen LogP contribution in [0.3, 0.4) is 0 Å². The van der Waals surface area contributed by atoms with Gasteiger partial charge in [-0.1, -0.05) is 48.0 Å². The van der Waals surface area contributed by atoms with E-state index in [0.717, 1.165) is 16.7 Å². The van der Waals surface area contributed by atoms with Gasteiger partial charge in [-0.2, -0.15) is 0 Å². The molecule has 3 aromatic rings. The Labute approximate surface area is 190 Å². The predicted octanol–water partition coefficient (Wildman–Crippen LogP) is 4.47. The maximum Gasteiger partial charge on any atom is 0.335 e. The van der Waals surface area contributed by atoms with Crippen LogP contribution >= 0.6 is 0 Å². The molecule has 1 amide bonds. The molecule has 2 heterocycles. The number of ether oxygens (including phenoxy) is 2. The fraction of sp³-hybridized carbons (Fsp3) is 0.154. The van der Waals surface area contributed by atoms with Gasteiger partial charge in [-0.3, -0.25) is 4.79 Å². The quantitative estimate of drug-likeness (QED) is 0.604. The van der Waals surface area contributed by atoms with E-state index >= 15 is 0 Å². The number of hydrogen-bond donors (Lipinski definition) is 2. The maximum absolute atomic E-state index is 13.2. The van der Waals surface area contributed by atoms with Gasteiger partial charge in [-0.25, -0.2) is 4.79 Å². The lowest BCUT2D eigenvalue weighted by Gasteiger charge is -2.27. The zero-order valence-corrected chi connectivity index (χ0v) is 17.8. The highest BCUT2D eigenvalue weighted by atomic mass is 16.7. The van der Waals surface area contributed by atoms with Crippen LogP contribution in [0, 0.1) is 6.92 Å². The SMILES string of the molecule is Cc1ccc(C2=C(O)C(=O)N(Cc3ccc4c(c3)OCO4)[C@H]2c2ccc(C(=O)O)cc2)cc1.